The topological polar surface area (TPSA) is 89.7 Å². The fraction of sp³-hybridized carbons (Fsp3) is 0.659. The van der Waals surface area contributed by atoms with Gasteiger partial charge in [-0.2, -0.15) is 0 Å². The molecule has 0 saturated heterocycles. The molecule has 282 valence electrons. The van der Waals surface area contributed by atoms with Gasteiger partial charge in [-0.25, -0.2) is 4.79 Å². The van der Waals surface area contributed by atoms with Crippen molar-refractivity contribution in [2.75, 3.05) is 0 Å². The summed E-state index contributed by atoms with van der Waals surface area (Å²) in [5, 5.41) is 19.9. The van der Waals surface area contributed by atoms with Crippen LogP contribution in [0.15, 0.2) is 72.9 Å². The van der Waals surface area contributed by atoms with Crippen molar-refractivity contribution >= 4 is 11.8 Å². The molecule has 0 fully saturated rings. The second-order valence-electron chi connectivity index (χ2n) is 13.8. The molecule has 6 heteroatoms. The number of nitrogens with zero attached hydrogens (tertiary/aromatic N) is 1. The summed E-state index contributed by atoms with van der Waals surface area (Å²) in [6.07, 6.45) is 48.2. The summed E-state index contributed by atoms with van der Waals surface area (Å²) in [4.78, 5) is 21.6. The molecule has 0 amide bonds. The van der Waals surface area contributed by atoms with Crippen molar-refractivity contribution in [2.24, 2.45) is 0 Å². The molecule has 0 bridgehead atoms. The molecule has 1 unspecified atom stereocenters. The Morgan fingerprint density at radius 1 is 0.620 bits per heavy atom. The van der Waals surface area contributed by atoms with Gasteiger partial charge in [-0.1, -0.05) is 138 Å². The molecule has 0 aliphatic rings. The van der Waals surface area contributed by atoms with Crippen LogP contribution in [-0.4, -0.2) is 22.3 Å². The van der Waals surface area contributed by atoms with Crippen LogP contribution in [0.25, 0.3) is 0 Å². The first kappa shape index (κ1) is 44.9. The summed E-state index contributed by atoms with van der Waals surface area (Å²) in [6.45, 7) is 2.25. The molecule has 0 heterocycles. The minimum atomic E-state index is -1.13. The van der Waals surface area contributed by atoms with Crippen molar-refractivity contribution in [3.63, 3.8) is 0 Å². The lowest BCUT2D eigenvalue weighted by molar-refractivity contribution is -0.384. The van der Waals surface area contributed by atoms with E-state index in [1.807, 2.05) is 12.1 Å². The van der Waals surface area contributed by atoms with E-state index in [0.29, 0.717) is 0 Å². The van der Waals surface area contributed by atoms with E-state index in [-0.39, 0.29) is 16.7 Å². The number of carbonyl (C=O) groups is 1. The van der Waals surface area contributed by atoms with Gasteiger partial charge < -0.3 is 9.84 Å². The van der Waals surface area contributed by atoms with Crippen LogP contribution in [0.3, 0.4) is 0 Å². The molecule has 0 saturated carbocycles. The normalized spacial score (nSPS) is 12.6. The Labute approximate surface area is 305 Å². The largest absolute Gasteiger partial charge is 0.506 e. The third-order valence-electron chi connectivity index (χ3n) is 9.23. The molecule has 0 aliphatic carbocycles. The van der Waals surface area contributed by atoms with E-state index in [9.17, 15) is 14.9 Å². The van der Waals surface area contributed by atoms with Crippen molar-refractivity contribution in [3.05, 3.63) is 88.6 Å². The van der Waals surface area contributed by atoms with Crippen molar-refractivity contribution in [1.82, 2.24) is 0 Å². The van der Waals surface area contributed by atoms with Gasteiger partial charge in [0.15, 0.2) is 0 Å². The van der Waals surface area contributed by atoms with Crippen LogP contribution in [0.5, 0.6) is 0 Å². The first-order chi connectivity index (χ1) is 24.5. The quantitative estimate of drug-likeness (QED) is 0.0255. The number of non-ortho nitro benzene ring substituents is 1. The lowest BCUT2D eigenvalue weighted by Crippen LogP contribution is -2.16. The molecule has 0 aromatic heterocycles. The van der Waals surface area contributed by atoms with Crippen LogP contribution in [-0.2, 0) is 11.2 Å². The van der Waals surface area contributed by atoms with Crippen molar-refractivity contribution in [3.8, 4) is 0 Å². The second-order valence-corrected chi connectivity index (χ2v) is 13.8. The van der Waals surface area contributed by atoms with E-state index < -0.39 is 6.16 Å². The van der Waals surface area contributed by atoms with Crippen molar-refractivity contribution in [1.29, 1.82) is 0 Å². The molecule has 50 heavy (non-hydrogen) atoms. The number of nitro benzene ring substituents is 1. The average Bonchev–Trinajstić information content (AvgIpc) is 3.10. The van der Waals surface area contributed by atoms with E-state index in [0.717, 1.165) is 77.0 Å². The summed E-state index contributed by atoms with van der Waals surface area (Å²) in [5.74, 6) is 0. The zero-order valence-corrected chi connectivity index (χ0v) is 31.6. The standard InChI is InChI=1S/C44H71NO5/c1-2-3-4-5-6-7-8-9-10-14-17-20-23-26-29-32-35-43(50-44(46)47)36-33-30-27-24-21-18-15-12-11-13-16-19-22-25-28-31-34-41-37-39-42(40-38-41)45(48)49/h6-7,9-12,16,19,37-40,43H,2-5,8,13-15,17-18,20-36H2,1H3,(H,46,47). The summed E-state index contributed by atoms with van der Waals surface area (Å²) in [6, 6.07) is 6.90. The highest BCUT2D eigenvalue weighted by molar-refractivity contribution is 5.57. The number of allylic oxidation sites excluding steroid dienone is 8. The third kappa shape index (κ3) is 29.7. The Kier molecular flexibility index (Phi) is 30.8. The molecule has 1 rings (SSSR count). The Balaban J connectivity index is 1.92. The number of carboxylic acid groups (broad SMARTS) is 1. The van der Waals surface area contributed by atoms with Gasteiger partial charge >= 0.3 is 6.16 Å². The Bertz CT molecular complexity index is 1060. The van der Waals surface area contributed by atoms with Gasteiger partial charge in [-0.05, 0) is 108 Å². The predicted octanol–water partition coefficient (Wildman–Crippen LogP) is 14.6. The number of hydrogen-bond acceptors (Lipinski definition) is 4. The average molecular weight is 694 g/mol. The number of hydrogen-bond donors (Lipinski definition) is 1. The van der Waals surface area contributed by atoms with Gasteiger partial charge in [0, 0.05) is 12.1 Å². The maximum Gasteiger partial charge on any atom is 0.506 e. The summed E-state index contributed by atoms with van der Waals surface area (Å²) >= 11 is 0. The van der Waals surface area contributed by atoms with Gasteiger partial charge in [-0.15, -0.1) is 0 Å². The fourth-order valence-corrected chi connectivity index (χ4v) is 6.17. The van der Waals surface area contributed by atoms with Crippen LogP contribution in [0.4, 0.5) is 10.5 Å². The minimum absolute atomic E-state index is 0.146. The molecule has 0 radical (unpaired) electrons. The Morgan fingerprint density at radius 2 is 1.02 bits per heavy atom. The van der Waals surface area contributed by atoms with Crippen LogP contribution in [0.2, 0.25) is 0 Å². The van der Waals surface area contributed by atoms with E-state index in [2.05, 4.69) is 55.5 Å². The van der Waals surface area contributed by atoms with Gasteiger partial charge in [-0.3, -0.25) is 10.1 Å². The molecular weight excluding hydrogens is 622 g/mol. The molecule has 0 spiro atoms. The Morgan fingerprint density at radius 3 is 1.44 bits per heavy atom. The number of ether oxygens (including phenoxy) is 1. The molecule has 1 aromatic carbocycles. The van der Waals surface area contributed by atoms with Crippen LogP contribution in [0, 0.1) is 10.1 Å². The van der Waals surface area contributed by atoms with E-state index in [1.54, 1.807) is 12.1 Å². The summed E-state index contributed by atoms with van der Waals surface area (Å²) in [5.41, 5.74) is 1.32. The highest BCUT2D eigenvalue weighted by Gasteiger charge is 2.13. The number of unbranched alkanes of at least 4 members (excludes halogenated alkanes) is 18. The Hall–Kier alpha value is -3.15. The highest BCUT2D eigenvalue weighted by atomic mass is 16.7. The van der Waals surface area contributed by atoms with Crippen molar-refractivity contribution < 1.29 is 19.6 Å². The van der Waals surface area contributed by atoms with Gasteiger partial charge in [0.25, 0.3) is 5.69 Å². The van der Waals surface area contributed by atoms with Gasteiger partial charge in [0.1, 0.15) is 6.10 Å². The van der Waals surface area contributed by atoms with E-state index >= 15 is 0 Å². The molecule has 1 atom stereocenters. The first-order valence-electron chi connectivity index (χ1n) is 20.3. The highest BCUT2D eigenvalue weighted by Crippen LogP contribution is 2.18. The number of aryl methyl sites for hydroxylation is 1. The second kappa shape index (κ2) is 34.3. The minimum Gasteiger partial charge on any atom is -0.450 e. The fourth-order valence-electron chi connectivity index (χ4n) is 6.17. The molecular formula is C44H71NO5. The van der Waals surface area contributed by atoms with E-state index in [4.69, 9.17) is 9.84 Å². The lowest BCUT2D eigenvalue weighted by atomic mass is 10.0. The summed E-state index contributed by atoms with van der Waals surface area (Å²) in [7, 11) is 0. The smallest absolute Gasteiger partial charge is 0.450 e. The van der Waals surface area contributed by atoms with Gasteiger partial charge in [0.2, 0.25) is 0 Å². The maximum atomic E-state index is 11.2. The first-order valence-corrected chi connectivity index (χ1v) is 20.3. The zero-order chi connectivity index (χ0) is 36.2. The molecule has 6 nitrogen and oxygen atoms in total. The lowest BCUT2D eigenvalue weighted by Gasteiger charge is -2.15. The zero-order valence-electron chi connectivity index (χ0n) is 31.6. The third-order valence-corrected chi connectivity index (χ3v) is 9.23. The molecule has 1 aromatic rings. The molecule has 0 aliphatic heterocycles. The maximum absolute atomic E-state index is 11.2. The van der Waals surface area contributed by atoms with Crippen molar-refractivity contribution in [2.45, 2.75) is 186 Å². The molecule has 1 N–H and O–H groups in total. The predicted molar refractivity (Wildman–Crippen MR) is 212 cm³/mol. The number of rotatable bonds is 34. The van der Waals surface area contributed by atoms with Gasteiger partial charge in [0.05, 0.1) is 4.92 Å². The van der Waals surface area contributed by atoms with Crippen LogP contribution in [0.1, 0.15) is 179 Å². The monoisotopic (exact) mass is 694 g/mol. The SMILES string of the molecule is CCCCCC=CCC=CCCCCCCCCC(CCCCCCCCC=CCC=CCCCCCc1ccc([N+](=O)[O-])cc1)OC(=O)O. The number of nitro groups is 1. The van der Waals surface area contributed by atoms with Crippen LogP contribution >= 0.6 is 0 Å². The summed E-state index contributed by atoms with van der Waals surface area (Å²) < 4.78 is 5.20. The van der Waals surface area contributed by atoms with E-state index in [1.165, 1.54) is 102 Å². The van der Waals surface area contributed by atoms with Crippen LogP contribution < -0.4 is 0 Å². The number of benzene rings is 1.